The summed E-state index contributed by atoms with van der Waals surface area (Å²) in [7, 11) is 2.73. The minimum Gasteiger partial charge on any atom is -0.497 e. The summed E-state index contributed by atoms with van der Waals surface area (Å²) < 4.78 is 48.5. The molecule has 75 heavy (non-hydrogen) atoms. The maximum Gasteiger partial charge on any atom is 0.262 e. The molecule has 0 saturated carbocycles. The fourth-order valence-corrected chi connectivity index (χ4v) is 11.0. The van der Waals surface area contributed by atoms with Crippen molar-refractivity contribution in [1.29, 1.82) is 0 Å². The molecule has 2 aromatic heterocycles. The van der Waals surface area contributed by atoms with Gasteiger partial charge in [0, 0.05) is 35.8 Å². The summed E-state index contributed by atoms with van der Waals surface area (Å²) in [5, 5.41) is 16.3. The number of ether oxygens (including phenoxy) is 5. The van der Waals surface area contributed by atoms with Crippen LogP contribution in [0.3, 0.4) is 0 Å². The summed E-state index contributed by atoms with van der Waals surface area (Å²) in [4.78, 5) is 42.7. The van der Waals surface area contributed by atoms with E-state index in [0.717, 1.165) is 16.7 Å². The Hall–Kier alpha value is -6.82. The molecule has 0 spiro atoms. The second kappa shape index (κ2) is 24.2. The lowest BCUT2D eigenvalue weighted by Crippen LogP contribution is -2.47. The Bertz CT molecular complexity index is 2910. The molecule has 3 heterocycles. The Labute approximate surface area is 439 Å². The van der Waals surface area contributed by atoms with Crippen LogP contribution in [0.15, 0.2) is 146 Å². The third-order valence-electron chi connectivity index (χ3n) is 13.1. The smallest absolute Gasteiger partial charge is 0.262 e. The summed E-state index contributed by atoms with van der Waals surface area (Å²) in [6, 6.07) is 40.6. The van der Waals surface area contributed by atoms with E-state index in [-0.39, 0.29) is 61.9 Å². The number of imidazole rings is 1. The molecule has 4 atom stereocenters. The highest BCUT2D eigenvalue weighted by Crippen LogP contribution is 2.54. The lowest BCUT2D eigenvalue weighted by Gasteiger charge is -2.41. The number of rotatable bonds is 23. The highest BCUT2D eigenvalue weighted by atomic mass is 31.2. The molecule has 1 saturated heterocycles. The van der Waals surface area contributed by atoms with Crippen LogP contribution in [0.1, 0.15) is 91.6 Å². The van der Waals surface area contributed by atoms with Gasteiger partial charge in [0.05, 0.1) is 47.3 Å². The molecule has 0 bridgehead atoms. The predicted molar refractivity (Wildman–Crippen MR) is 287 cm³/mol. The fourth-order valence-electron chi connectivity index (χ4n) is 9.31. The largest absolute Gasteiger partial charge is 0.497 e. The highest BCUT2D eigenvalue weighted by molar-refractivity contribution is 7.44. The standard InChI is InChI=1S/C57H66N7O10P/c1-38(2)62(55(66)42-20-26-46(68-7)27-21-42)32-33-72-75(64(39(3)4)40(5)6)74-56(67)34-50(63-37-60-51-52(58-36-59-53(51)63)61-54(65)41-16-12-10-13-17-41)73-49(56)35-71-57(43-18-14-11-15-19-43,44-22-28-47(69-8)29-23-44)45-24-30-48(70-9)31-25-45/h10-31,36-40,49-50,67H,32-35H2,1-9H3,(H,58,59,61,65)/t49-,50-,56+,75?/m1/s1. The van der Waals surface area contributed by atoms with E-state index >= 15 is 0 Å². The molecule has 2 amide bonds. The van der Waals surface area contributed by atoms with Crippen molar-refractivity contribution in [2.24, 2.45) is 0 Å². The topological polar surface area (TPSA) is 181 Å². The van der Waals surface area contributed by atoms with E-state index in [4.69, 9.17) is 32.7 Å². The first-order chi connectivity index (χ1) is 36.2. The van der Waals surface area contributed by atoms with Gasteiger partial charge in [-0.15, -0.1) is 0 Å². The third-order valence-corrected chi connectivity index (χ3v) is 15.3. The number of fused-ring (bicyclic) bond motifs is 1. The number of aliphatic hydroxyl groups is 1. The maximum absolute atomic E-state index is 14.0. The van der Waals surface area contributed by atoms with Crippen LogP contribution in [0.4, 0.5) is 5.82 Å². The maximum atomic E-state index is 14.0. The van der Waals surface area contributed by atoms with Gasteiger partial charge < -0.3 is 43.5 Å². The van der Waals surface area contributed by atoms with Crippen LogP contribution in [0.25, 0.3) is 11.2 Å². The monoisotopic (exact) mass is 1040 g/mol. The molecule has 5 aromatic carbocycles. The molecule has 1 aliphatic heterocycles. The average molecular weight is 1040 g/mol. The zero-order valence-corrected chi connectivity index (χ0v) is 44.7. The van der Waals surface area contributed by atoms with Gasteiger partial charge in [-0.3, -0.25) is 18.7 Å². The number of amides is 2. The Kier molecular flexibility index (Phi) is 17.6. The first-order valence-electron chi connectivity index (χ1n) is 24.9. The summed E-state index contributed by atoms with van der Waals surface area (Å²) >= 11 is 0. The molecule has 18 heteroatoms. The van der Waals surface area contributed by atoms with E-state index in [1.165, 1.54) is 6.33 Å². The quantitative estimate of drug-likeness (QED) is 0.0351. The van der Waals surface area contributed by atoms with Crippen LogP contribution in [-0.2, 0) is 24.1 Å². The minimum atomic E-state index is -2.09. The molecule has 0 aliphatic carbocycles. The van der Waals surface area contributed by atoms with Crippen LogP contribution >= 0.6 is 8.53 Å². The van der Waals surface area contributed by atoms with Crippen LogP contribution in [-0.4, -0.2) is 117 Å². The molecule has 17 nitrogen and oxygen atoms in total. The van der Waals surface area contributed by atoms with Crippen molar-refractivity contribution in [1.82, 2.24) is 29.1 Å². The number of methoxy groups -OCH3 is 3. The lowest BCUT2D eigenvalue weighted by molar-refractivity contribution is -0.201. The Morgan fingerprint density at radius 1 is 0.733 bits per heavy atom. The van der Waals surface area contributed by atoms with Gasteiger partial charge in [0.15, 0.2) is 17.0 Å². The molecule has 0 radical (unpaired) electrons. The molecule has 2 N–H and O–H groups in total. The van der Waals surface area contributed by atoms with Crippen molar-refractivity contribution >= 4 is 37.3 Å². The van der Waals surface area contributed by atoms with Gasteiger partial charge in [0.2, 0.25) is 5.79 Å². The number of anilines is 1. The number of hydrogen-bond donors (Lipinski definition) is 2. The average Bonchev–Trinajstić information content (AvgIpc) is 4.02. The van der Waals surface area contributed by atoms with Crippen molar-refractivity contribution in [3.8, 4) is 17.2 Å². The predicted octanol–water partition coefficient (Wildman–Crippen LogP) is 10.0. The van der Waals surface area contributed by atoms with Gasteiger partial charge in [-0.25, -0.2) is 19.6 Å². The number of carbonyl (C=O) groups excluding carboxylic acids is 2. The number of hydrogen-bond acceptors (Lipinski definition) is 14. The molecule has 1 aliphatic rings. The van der Waals surface area contributed by atoms with Crippen LogP contribution < -0.4 is 19.5 Å². The van der Waals surface area contributed by atoms with E-state index in [9.17, 15) is 14.7 Å². The van der Waals surface area contributed by atoms with Crippen LogP contribution in [0.2, 0.25) is 0 Å². The summed E-state index contributed by atoms with van der Waals surface area (Å²) in [6.07, 6.45) is 0.635. The van der Waals surface area contributed by atoms with E-state index < -0.39 is 32.2 Å². The summed E-state index contributed by atoms with van der Waals surface area (Å²) in [5.74, 6) is -0.453. The van der Waals surface area contributed by atoms with Gasteiger partial charge in [-0.1, -0.05) is 72.8 Å². The van der Waals surface area contributed by atoms with Crippen molar-refractivity contribution in [2.75, 3.05) is 46.4 Å². The molecule has 394 valence electrons. The molecule has 1 fully saturated rings. The Morgan fingerprint density at radius 2 is 1.28 bits per heavy atom. The van der Waals surface area contributed by atoms with Gasteiger partial charge in [-0.2, -0.15) is 0 Å². The normalized spacial score (nSPS) is 17.2. The first kappa shape index (κ1) is 54.4. The number of nitrogens with one attached hydrogen (secondary N) is 1. The first-order valence-corrected chi connectivity index (χ1v) is 26.1. The van der Waals surface area contributed by atoms with Crippen molar-refractivity contribution < 1.29 is 47.4 Å². The number of aromatic nitrogens is 4. The molecule has 8 rings (SSSR count). The van der Waals surface area contributed by atoms with Gasteiger partial charge in [0.1, 0.15) is 41.5 Å². The second-order valence-electron chi connectivity index (χ2n) is 18.9. The lowest BCUT2D eigenvalue weighted by atomic mass is 9.80. The Morgan fingerprint density at radius 3 is 1.83 bits per heavy atom. The zero-order valence-electron chi connectivity index (χ0n) is 43.8. The number of carbonyl (C=O) groups is 2. The summed E-state index contributed by atoms with van der Waals surface area (Å²) in [6.45, 7) is 12.2. The third kappa shape index (κ3) is 12.0. The second-order valence-corrected chi connectivity index (χ2v) is 20.2. The van der Waals surface area contributed by atoms with Gasteiger partial charge >= 0.3 is 0 Å². The molecule has 1 unspecified atom stereocenters. The van der Waals surface area contributed by atoms with Crippen molar-refractivity contribution in [3.63, 3.8) is 0 Å². The van der Waals surface area contributed by atoms with E-state index in [1.807, 2.05) is 126 Å². The number of nitrogens with zero attached hydrogens (tertiary/aromatic N) is 6. The SMILES string of the molecule is COc1ccc(C(=O)N(CCOP(O[C@@]2(O)C[C@H](n3cnc4c(NC(=O)c5ccccc5)ncnc43)O[C@@H]2COC(c2ccccc2)(c2ccc(OC)cc2)c2ccc(OC)cc2)N(C(C)C)C(C)C)C(C)C)cc1. The minimum absolute atomic E-state index is 0.0792. The van der Waals surface area contributed by atoms with E-state index in [0.29, 0.717) is 39.5 Å². The zero-order chi connectivity index (χ0) is 53.3. The van der Waals surface area contributed by atoms with Crippen LogP contribution in [0, 0.1) is 0 Å². The van der Waals surface area contributed by atoms with Gasteiger partial charge in [0.25, 0.3) is 20.3 Å². The Balaban J connectivity index is 1.18. The van der Waals surface area contributed by atoms with Gasteiger partial charge in [-0.05, 0) is 119 Å². The molecule has 7 aromatic rings. The van der Waals surface area contributed by atoms with E-state index in [1.54, 1.807) is 85.7 Å². The number of benzene rings is 5. The highest BCUT2D eigenvalue weighted by Gasteiger charge is 2.54. The van der Waals surface area contributed by atoms with Crippen molar-refractivity contribution in [3.05, 3.63) is 174 Å². The van der Waals surface area contributed by atoms with E-state index in [2.05, 4.69) is 24.9 Å². The van der Waals surface area contributed by atoms with Crippen molar-refractivity contribution in [2.45, 2.75) is 89.8 Å². The summed E-state index contributed by atoms with van der Waals surface area (Å²) in [5.41, 5.74) is 2.68. The molecular weight excluding hydrogens is 974 g/mol. The molecular formula is C57H66N7O10P. The van der Waals surface area contributed by atoms with Crippen LogP contribution in [0.5, 0.6) is 17.2 Å². The fraction of sp³-hybridized carbons (Fsp3) is 0.351.